The molecular formula is C23H24N6O3S. The smallest absolute Gasteiger partial charge is 0.231 e. The highest BCUT2D eigenvalue weighted by atomic mass is 32.1. The molecule has 33 heavy (non-hydrogen) atoms. The first-order valence-corrected chi connectivity index (χ1v) is 11.4. The van der Waals surface area contributed by atoms with Gasteiger partial charge in [0.25, 0.3) is 0 Å². The summed E-state index contributed by atoms with van der Waals surface area (Å²) in [5.41, 5.74) is 8.02. The van der Waals surface area contributed by atoms with E-state index in [2.05, 4.69) is 37.2 Å². The van der Waals surface area contributed by atoms with Gasteiger partial charge in [-0.3, -0.25) is 0 Å². The molecule has 1 saturated heterocycles. The number of allylic oxidation sites excluding steroid dienone is 2. The third-order valence-corrected chi connectivity index (χ3v) is 6.69. The van der Waals surface area contributed by atoms with Gasteiger partial charge in [-0.15, -0.1) is 0 Å². The molecule has 10 heteroatoms. The van der Waals surface area contributed by atoms with Crippen LogP contribution in [0.2, 0.25) is 0 Å². The molecule has 4 aliphatic rings. The zero-order valence-corrected chi connectivity index (χ0v) is 18.8. The SMILES string of the molecule is Nc1nc2c(c(N3CCN(C(=S)NCc4ccc5c(c4)OCO5)CC3)n1)OC1C=CC=CC21. The number of thiocarbonyl (C=S) groups is 1. The highest BCUT2D eigenvalue weighted by molar-refractivity contribution is 7.80. The Bertz CT molecular complexity index is 1160. The van der Waals surface area contributed by atoms with E-state index in [0.29, 0.717) is 6.54 Å². The molecule has 1 aliphatic carbocycles. The number of benzene rings is 1. The van der Waals surface area contributed by atoms with Crippen LogP contribution in [0.1, 0.15) is 17.2 Å². The van der Waals surface area contributed by atoms with E-state index in [-0.39, 0.29) is 24.8 Å². The van der Waals surface area contributed by atoms with Gasteiger partial charge in [-0.2, -0.15) is 4.98 Å². The van der Waals surface area contributed by atoms with Gasteiger partial charge < -0.3 is 35.1 Å². The number of aromatic nitrogens is 2. The zero-order valence-electron chi connectivity index (χ0n) is 17.9. The molecule has 3 N–H and O–H groups in total. The fraction of sp³-hybridized carbons (Fsp3) is 0.348. The molecule has 2 unspecified atom stereocenters. The maximum Gasteiger partial charge on any atom is 0.231 e. The molecule has 1 aromatic carbocycles. The second-order valence-corrected chi connectivity index (χ2v) is 8.70. The van der Waals surface area contributed by atoms with Gasteiger partial charge in [-0.1, -0.05) is 24.3 Å². The summed E-state index contributed by atoms with van der Waals surface area (Å²) in [5, 5.41) is 4.09. The van der Waals surface area contributed by atoms with Gasteiger partial charge in [-0.05, 0) is 36.0 Å². The summed E-state index contributed by atoms with van der Waals surface area (Å²) in [6.07, 6.45) is 8.13. The largest absolute Gasteiger partial charge is 0.479 e. The van der Waals surface area contributed by atoms with Crippen molar-refractivity contribution in [1.29, 1.82) is 0 Å². The average Bonchev–Trinajstić information content (AvgIpc) is 3.46. The minimum atomic E-state index is -0.0471. The lowest BCUT2D eigenvalue weighted by Crippen LogP contribution is -2.51. The van der Waals surface area contributed by atoms with Crippen molar-refractivity contribution in [2.24, 2.45) is 0 Å². The molecule has 0 bridgehead atoms. The first-order valence-electron chi connectivity index (χ1n) is 11.0. The number of hydrogen-bond acceptors (Lipinski definition) is 8. The molecule has 1 fully saturated rings. The number of ether oxygens (including phenoxy) is 3. The number of piperazine rings is 1. The van der Waals surface area contributed by atoms with Gasteiger partial charge >= 0.3 is 0 Å². The van der Waals surface area contributed by atoms with Crippen molar-refractivity contribution in [3.8, 4) is 17.2 Å². The van der Waals surface area contributed by atoms with Crippen molar-refractivity contribution in [3.63, 3.8) is 0 Å². The summed E-state index contributed by atoms with van der Waals surface area (Å²) in [4.78, 5) is 13.4. The van der Waals surface area contributed by atoms with E-state index in [0.717, 1.165) is 65.6 Å². The third-order valence-electron chi connectivity index (χ3n) is 6.29. The number of nitrogens with one attached hydrogen (secondary N) is 1. The van der Waals surface area contributed by atoms with Crippen LogP contribution >= 0.6 is 12.2 Å². The van der Waals surface area contributed by atoms with E-state index in [9.17, 15) is 0 Å². The number of anilines is 2. The molecule has 2 aromatic rings. The van der Waals surface area contributed by atoms with Gasteiger partial charge in [0.1, 0.15) is 11.8 Å². The summed E-state index contributed by atoms with van der Waals surface area (Å²) >= 11 is 5.65. The van der Waals surface area contributed by atoms with Crippen molar-refractivity contribution >= 4 is 29.1 Å². The van der Waals surface area contributed by atoms with Crippen molar-refractivity contribution in [1.82, 2.24) is 20.2 Å². The van der Waals surface area contributed by atoms with Crippen LogP contribution in [0.15, 0.2) is 42.5 Å². The lowest BCUT2D eigenvalue weighted by molar-refractivity contribution is 0.174. The van der Waals surface area contributed by atoms with Crippen LogP contribution < -0.4 is 30.2 Å². The molecule has 2 atom stereocenters. The minimum absolute atomic E-state index is 0.0471. The number of nitrogen functional groups attached to an aromatic ring is 1. The molecule has 0 radical (unpaired) electrons. The lowest BCUT2D eigenvalue weighted by Gasteiger charge is -2.37. The van der Waals surface area contributed by atoms with E-state index in [1.54, 1.807) is 0 Å². The Balaban J connectivity index is 1.09. The second kappa shape index (κ2) is 8.11. The fourth-order valence-electron chi connectivity index (χ4n) is 4.57. The van der Waals surface area contributed by atoms with Gasteiger partial charge in [0.15, 0.2) is 28.2 Å². The van der Waals surface area contributed by atoms with Crippen molar-refractivity contribution in [3.05, 3.63) is 53.8 Å². The highest BCUT2D eigenvalue weighted by Gasteiger charge is 2.38. The van der Waals surface area contributed by atoms with E-state index in [1.807, 2.05) is 30.4 Å². The Morgan fingerprint density at radius 2 is 1.91 bits per heavy atom. The summed E-state index contributed by atoms with van der Waals surface area (Å²) in [5.74, 6) is 3.44. The normalized spacial score (nSPS) is 22.1. The minimum Gasteiger partial charge on any atom is -0.479 e. The average molecular weight is 465 g/mol. The number of fused-ring (bicyclic) bond motifs is 4. The van der Waals surface area contributed by atoms with Crippen LogP contribution in [0, 0.1) is 0 Å². The Kier molecular flexibility index (Phi) is 4.94. The molecule has 0 saturated carbocycles. The van der Waals surface area contributed by atoms with Gasteiger partial charge in [-0.25, -0.2) is 4.98 Å². The summed E-state index contributed by atoms with van der Waals surface area (Å²) in [6, 6.07) is 5.93. The summed E-state index contributed by atoms with van der Waals surface area (Å²) < 4.78 is 17.0. The lowest BCUT2D eigenvalue weighted by atomic mass is 9.96. The highest BCUT2D eigenvalue weighted by Crippen LogP contribution is 2.45. The molecule has 6 rings (SSSR count). The maximum atomic E-state index is 6.21. The fourth-order valence-corrected chi connectivity index (χ4v) is 4.82. The van der Waals surface area contributed by atoms with Gasteiger partial charge in [0.05, 0.1) is 5.92 Å². The number of hydrogen-bond donors (Lipinski definition) is 2. The van der Waals surface area contributed by atoms with Crippen molar-refractivity contribution in [2.45, 2.75) is 18.6 Å². The molecule has 1 aromatic heterocycles. The van der Waals surface area contributed by atoms with Gasteiger partial charge in [0, 0.05) is 32.7 Å². The molecule has 9 nitrogen and oxygen atoms in total. The predicted molar refractivity (Wildman–Crippen MR) is 128 cm³/mol. The Hall–Kier alpha value is -3.53. The number of nitrogens with two attached hydrogens (primary N) is 1. The zero-order chi connectivity index (χ0) is 22.4. The van der Waals surface area contributed by atoms with Crippen LogP contribution in [0.4, 0.5) is 11.8 Å². The van der Waals surface area contributed by atoms with E-state index >= 15 is 0 Å². The second-order valence-electron chi connectivity index (χ2n) is 8.32. The van der Waals surface area contributed by atoms with E-state index in [1.165, 1.54) is 0 Å². The monoisotopic (exact) mass is 464 g/mol. The van der Waals surface area contributed by atoms with E-state index < -0.39 is 0 Å². The topological polar surface area (TPSA) is 98.0 Å². The summed E-state index contributed by atoms with van der Waals surface area (Å²) in [7, 11) is 0. The molecular weight excluding hydrogens is 440 g/mol. The van der Waals surface area contributed by atoms with Crippen molar-refractivity contribution in [2.75, 3.05) is 43.6 Å². The number of rotatable bonds is 3. The third kappa shape index (κ3) is 3.70. The van der Waals surface area contributed by atoms with Crippen LogP contribution in [0.25, 0.3) is 0 Å². The van der Waals surface area contributed by atoms with Crippen LogP contribution in [-0.2, 0) is 6.54 Å². The molecule has 170 valence electrons. The van der Waals surface area contributed by atoms with Crippen molar-refractivity contribution < 1.29 is 14.2 Å². The molecule has 3 aliphatic heterocycles. The standard InChI is InChI=1S/C23H24N6O3S/c24-22-26-19-15-3-1-2-4-16(15)32-20(19)21(27-22)28-7-9-29(10-8-28)23(33)25-12-14-5-6-17-18(11-14)31-13-30-17/h1-6,11,15-16H,7-10,12-13H2,(H,25,33)(H2,24,26,27). The molecule has 0 spiro atoms. The van der Waals surface area contributed by atoms with Crippen LogP contribution in [0.5, 0.6) is 17.2 Å². The van der Waals surface area contributed by atoms with E-state index in [4.69, 9.17) is 32.2 Å². The maximum absolute atomic E-state index is 6.21. The Morgan fingerprint density at radius 1 is 1.09 bits per heavy atom. The first kappa shape index (κ1) is 20.1. The van der Waals surface area contributed by atoms with Crippen LogP contribution in [0.3, 0.4) is 0 Å². The Morgan fingerprint density at radius 3 is 2.79 bits per heavy atom. The first-order chi connectivity index (χ1) is 16.2. The number of nitrogens with zero attached hydrogens (tertiary/aromatic N) is 4. The predicted octanol–water partition coefficient (Wildman–Crippen LogP) is 1.95. The quantitative estimate of drug-likeness (QED) is 0.656. The molecule has 0 amide bonds. The molecule has 4 heterocycles. The Labute approximate surface area is 196 Å². The van der Waals surface area contributed by atoms with Crippen LogP contribution in [-0.4, -0.2) is 59.1 Å². The summed E-state index contributed by atoms with van der Waals surface area (Å²) in [6.45, 7) is 3.98. The van der Waals surface area contributed by atoms with Gasteiger partial charge in [0.2, 0.25) is 12.7 Å².